The maximum absolute atomic E-state index is 13.6. The quantitative estimate of drug-likeness (QED) is 0.651. The van der Waals surface area contributed by atoms with Crippen LogP contribution < -0.4 is 5.32 Å². The molecule has 2 aromatic carbocycles. The standard InChI is InChI=1S/C18H11F6N3O/c19-11-4-5-13(18(22,23)24)10(6-11)8-27-9-12(7-25-27)26-17(28)16-14(20)2-1-3-15(16)21/h1-7,9H,8H2,(H,26,28). The second kappa shape index (κ2) is 7.37. The number of halogens is 6. The number of nitrogens with zero attached hydrogens (tertiary/aromatic N) is 2. The number of carbonyl (C=O) groups excluding carboxylic acids is 1. The molecule has 3 aromatic rings. The lowest BCUT2D eigenvalue weighted by molar-refractivity contribution is -0.138. The van der Waals surface area contributed by atoms with Crippen LogP contribution in [0.25, 0.3) is 0 Å². The number of benzene rings is 2. The second-order valence-corrected chi connectivity index (χ2v) is 5.78. The predicted octanol–water partition coefficient (Wildman–Crippen LogP) is 4.62. The number of hydrogen-bond acceptors (Lipinski definition) is 2. The highest BCUT2D eigenvalue weighted by atomic mass is 19.4. The van der Waals surface area contributed by atoms with Crippen molar-refractivity contribution in [3.63, 3.8) is 0 Å². The van der Waals surface area contributed by atoms with Crippen molar-refractivity contribution in [2.75, 3.05) is 5.32 Å². The first kappa shape index (κ1) is 19.5. The third-order valence-electron chi connectivity index (χ3n) is 3.79. The van der Waals surface area contributed by atoms with Gasteiger partial charge in [-0.2, -0.15) is 18.3 Å². The summed E-state index contributed by atoms with van der Waals surface area (Å²) in [7, 11) is 0. The van der Waals surface area contributed by atoms with Gasteiger partial charge in [0, 0.05) is 6.20 Å². The van der Waals surface area contributed by atoms with Gasteiger partial charge >= 0.3 is 6.18 Å². The number of carbonyl (C=O) groups is 1. The van der Waals surface area contributed by atoms with E-state index in [1.807, 2.05) is 0 Å². The van der Waals surface area contributed by atoms with E-state index < -0.39 is 47.2 Å². The van der Waals surface area contributed by atoms with Crippen LogP contribution in [0.4, 0.5) is 32.0 Å². The topological polar surface area (TPSA) is 46.9 Å². The fraction of sp³-hybridized carbons (Fsp3) is 0.111. The molecule has 0 saturated carbocycles. The molecule has 0 spiro atoms. The lowest BCUT2D eigenvalue weighted by Gasteiger charge is -2.12. The van der Waals surface area contributed by atoms with Crippen LogP contribution >= 0.6 is 0 Å². The smallest absolute Gasteiger partial charge is 0.319 e. The van der Waals surface area contributed by atoms with Crippen molar-refractivity contribution in [2.24, 2.45) is 0 Å². The van der Waals surface area contributed by atoms with Crippen LogP contribution in [0.3, 0.4) is 0 Å². The molecule has 0 atom stereocenters. The molecule has 146 valence electrons. The van der Waals surface area contributed by atoms with Crippen LogP contribution in [0.1, 0.15) is 21.5 Å². The van der Waals surface area contributed by atoms with Crippen LogP contribution in [0.15, 0.2) is 48.8 Å². The minimum atomic E-state index is -4.68. The molecule has 0 aliphatic heterocycles. The molecule has 1 aromatic heterocycles. The van der Waals surface area contributed by atoms with E-state index >= 15 is 0 Å². The van der Waals surface area contributed by atoms with E-state index in [1.165, 1.54) is 0 Å². The number of hydrogen-bond donors (Lipinski definition) is 1. The van der Waals surface area contributed by atoms with Gasteiger partial charge in [0.1, 0.15) is 23.0 Å². The first-order valence-corrected chi connectivity index (χ1v) is 7.78. The van der Waals surface area contributed by atoms with Crippen LogP contribution in [0.2, 0.25) is 0 Å². The number of anilines is 1. The average Bonchev–Trinajstić information content (AvgIpc) is 3.00. The molecular formula is C18H11F6N3O. The zero-order valence-corrected chi connectivity index (χ0v) is 13.9. The zero-order chi connectivity index (χ0) is 20.5. The van der Waals surface area contributed by atoms with Crippen molar-refractivity contribution in [1.29, 1.82) is 0 Å². The summed E-state index contributed by atoms with van der Waals surface area (Å²) in [4.78, 5) is 12.0. The Kier molecular flexibility index (Phi) is 5.12. The third-order valence-corrected chi connectivity index (χ3v) is 3.79. The average molecular weight is 399 g/mol. The van der Waals surface area contributed by atoms with Crippen molar-refractivity contribution in [3.05, 3.63) is 82.9 Å². The fourth-order valence-electron chi connectivity index (χ4n) is 2.57. The number of rotatable bonds is 4. The molecule has 28 heavy (non-hydrogen) atoms. The van der Waals surface area contributed by atoms with Crippen molar-refractivity contribution >= 4 is 11.6 Å². The largest absolute Gasteiger partial charge is 0.416 e. The van der Waals surface area contributed by atoms with Crippen molar-refractivity contribution in [3.8, 4) is 0 Å². The Bertz CT molecular complexity index is 1010. The molecule has 1 amide bonds. The Labute approximate surface area is 154 Å². The maximum Gasteiger partial charge on any atom is 0.416 e. The molecule has 0 radical (unpaired) electrons. The van der Waals surface area contributed by atoms with E-state index in [0.29, 0.717) is 12.1 Å². The Morgan fingerprint density at radius 3 is 2.39 bits per heavy atom. The Morgan fingerprint density at radius 2 is 1.75 bits per heavy atom. The molecule has 0 aliphatic rings. The Morgan fingerprint density at radius 1 is 1.07 bits per heavy atom. The highest BCUT2D eigenvalue weighted by Gasteiger charge is 2.33. The summed E-state index contributed by atoms with van der Waals surface area (Å²) in [6.07, 6.45) is -2.44. The van der Waals surface area contributed by atoms with E-state index in [1.54, 1.807) is 0 Å². The maximum atomic E-state index is 13.6. The normalized spacial score (nSPS) is 11.5. The fourth-order valence-corrected chi connectivity index (χ4v) is 2.57. The SMILES string of the molecule is O=C(Nc1cnn(Cc2cc(F)ccc2C(F)(F)F)c1)c1c(F)cccc1F. The summed E-state index contributed by atoms with van der Waals surface area (Å²) >= 11 is 0. The van der Waals surface area contributed by atoms with Gasteiger partial charge in [-0.05, 0) is 35.9 Å². The molecule has 0 saturated heterocycles. The van der Waals surface area contributed by atoms with Crippen LogP contribution in [-0.2, 0) is 12.7 Å². The highest BCUT2D eigenvalue weighted by molar-refractivity contribution is 6.04. The van der Waals surface area contributed by atoms with Gasteiger partial charge in [0.05, 0.1) is 24.0 Å². The summed E-state index contributed by atoms with van der Waals surface area (Å²) in [6.45, 7) is -0.434. The highest BCUT2D eigenvalue weighted by Crippen LogP contribution is 2.32. The molecule has 0 unspecified atom stereocenters. The third kappa shape index (κ3) is 4.16. The molecule has 0 bridgehead atoms. The first-order valence-electron chi connectivity index (χ1n) is 7.78. The molecule has 1 N–H and O–H groups in total. The number of nitrogens with one attached hydrogen (secondary N) is 1. The van der Waals surface area contributed by atoms with Crippen LogP contribution in [0, 0.1) is 17.5 Å². The lowest BCUT2D eigenvalue weighted by atomic mass is 10.1. The van der Waals surface area contributed by atoms with Gasteiger partial charge in [-0.15, -0.1) is 0 Å². The number of aromatic nitrogens is 2. The zero-order valence-electron chi connectivity index (χ0n) is 13.9. The summed E-state index contributed by atoms with van der Waals surface area (Å²) in [5.74, 6) is -4.07. The van der Waals surface area contributed by atoms with E-state index in [9.17, 15) is 31.1 Å². The molecule has 0 aliphatic carbocycles. The van der Waals surface area contributed by atoms with Gasteiger partial charge in [0.25, 0.3) is 5.91 Å². The van der Waals surface area contributed by atoms with Crippen molar-refractivity contribution in [2.45, 2.75) is 12.7 Å². The first-order chi connectivity index (χ1) is 13.1. The monoisotopic (exact) mass is 399 g/mol. The van der Waals surface area contributed by atoms with Gasteiger partial charge in [-0.1, -0.05) is 6.07 Å². The van der Waals surface area contributed by atoms with Crippen LogP contribution in [0.5, 0.6) is 0 Å². The summed E-state index contributed by atoms with van der Waals surface area (Å²) < 4.78 is 80.8. The summed E-state index contributed by atoms with van der Waals surface area (Å²) in [5.41, 5.74) is -2.20. The van der Waals surface area contributed by atoms with Gasteiger partial charge in [-0.3, -0.25) is 9.48 Å². The van der Waals surface area contributed by atoms with Crippen molar-refractivity contribution in [1.82, 2.24) is 9.78 Å². The van der Waals surface area contributed by atoms with Crippen molar-refractivity contribution < 1.29 is 31.1 Å². The van der Waals surface area contributed by atoms with Gasteiger partial charge in [0.2, 0.25) is 0 Å². The predicted molar refractivity (Wildman–Crippen MR) is 87.0 cm³/mol. The minimum absolute atomic E-state index is 0.00221. The van der Waals surface area contributed by atoms with E-state index in [-0.39, 0.29) is 11.3 Å². The van der Waals surface area contributed by atoms with E-state index in [2.05, 4.69) is 10.4 Å². The van der Waals surface area contributed by atoms with Gasteiger partial charge in [-0.25, -0.2) is 13.2 Å². The summed E-state index contributed by atoms with van der Waals surface area (Å²) in [5, 5.41) is 5.98. The van der Waals surface area contributed by atoms with Gasteiger partial charge in [0.15, 0.2) is 0 Å². The second-order valence-electron chi connectivity index (χ2n) is 5.78. The lowest BCUT2D eigenvalue weighted by Crippen LogP contribution is -2.15. The van der Waals surface area contributed by atoms with E-state index in [4.69, 9.17) is 0 Å². The minimum Gasteiger partial charge on any atom is -0.319 e. The van der Waals surface area contributed by atoms with Gasteiger partial charge < -0.3 is 5.32 Å². The molecule has 1 heterocycles. The molecule has 3 rings (SSSR count). The Balaban J connectivity index is 1.81. The number of alkyl halides is 3. The summed E-state index contributed by atoms with van der Waals surface area (Å²) in [6, 6.07) is 4.96. The molecular weight excluding hydrogens is 388 g/mol. The number of amides is 1. The molecule has 4 nitrogen and oxygen atoms in total. The molecule has 10 heteroatoms. The van der Waals surface area contributed by atoms with E-state index in [0.717, 1.165) is 41.3 Å². The molecule has 0 fully saturated rings. The van der Waals surface area contributed by atoms with Crippen LogP contribution in [-0.4, -0.2) is 15.7 Å². The Hall–Kier alpha value is -3.30.